The SMILES string of the molecule is CCOc1ccc(-c2cc3c(=O)n(CC(=O)Nc4cccc(C(C)=O)c4)ccn3n2)cc1. The number of anilines is 1. The van der Waals surface area contributed by atoms with Crippen LogP contribution in [0.25, 0.3) is 16.8 Å². The van der Waals surface area contributed by atoms with E-state index in [2.05, 4.69) is 10.4 Å². The second-order valence-electron chi connectivity index (χ2n) is 7.23. The molecule has 8 nitrogen and oxygen atoms in total. The van der Waals surface area contributed by atoms with E-state index in [1.54, 1.807) is 36.5 Å². The zero-order chi connectivity index (χ0) is 22.7. The molecule has 2 aromatic heterocycles. The first-order valence-electron chi connectivity index (χ1n) is 10.2. The zero-order valence-corrected chi connectivity index (χ0v) is 17.7. The molecule has 0 bridgehead atoms. The molecule has 0 aliphatic rings. The third kappa shape index (κ3) is 4.44. The number of nitrogens with one attached hydrogen (secondary N) is 1. The molecule has 2 heterocycles. The standard InChI is InChI=1S/C24H22N4O4/c1-3-32-20-9-7-17(8-10-20)21-14-22-24(31)27(11-12-28(22)26-21)15-23(30)25-19-6-4-5-18(13-19)16(2)29/h4-14H,3,15H2,1-2H3,(H,25,30). The van der Waals surface area contributed by atoms with Gasteiger partial charge in [-0.1, -0.05) is 12.1 Å². The average molecular weight is 430 g/mol. The van der Waals surface area contributed by atoms with Gasteiger partial charge >= 0.3 is 0 Å². The fourth-order valence-electron chi connectivity index (χ4n) is 3.35. The van der Waals surface area contributed by atoms with Crippen molar-refractivity contribution in [1.29, 1.82) is 0 Å². The molecule has 0 atom stereocenters. The molecule has 1 amide bonds. The Morgan fingerprint density at radius 1 is 1.06 bits per heavy atom. The van der Waals surface area contributed by atoms with Crippen molar-refractivity contribution in [3.05, 3.63) is 82.9 Å². The Hall–Kier alpha value is -4.20. The number of fused-ring (bicyclic) bond motifs is 1. The number of rotatable bonds is 7. The zero-order valence-electron chi connectivity index (χ0n) is 17.7. The second-order valence-corrected chi connectivity index (χ2v) is 7.23. The van der Waals surface area contributed by atoms with Gasteiger partial charge in [0.05, 0.1) is 12.3 Å². The number of hydrogen-bond acceptors (Lipinski definition) is 5. The molecule has 0 aliphatic carbocycles. The molecule has 162 valence electrons. The topological polar surface area (TPSA) is 94.7 Å². The summed E-state index contributed by atoms with van der Waals surface area (Å²) >= 11 is 0. The fraction of sp³-hybridized carbons (Fsp3) is 0.167. The number of ether oxygens (including phenoxy) is 1. The first-order valence-corrected chi connectivity index (χ1v) is 10.2. The molecule has 4 aromatic rings. The molecule has 0 saturated heterocycles. The number of Topliss-reactive ketones (excluding diaryl/α,β-unsaturated/α-hetero) is 1. The normalized spacial score (nSPS) is 10.8. The molecular formula is C24H22N4O4. The highest BCUT2D eigenvalue weighted by Crippen LogP contribution is 2.22. The van der Waals surface area contributed by atoms with E-state index in [0.29, 0.717) is 29.1 Å². The van der Waals surface area contributed by atoms with Crippen molar-refractivity contribution in [3.63, 3.8) is 0 Å². The Balaban J connectivity index is 1.54. The molecule has 0 saturated carbocycles. The van der Waals surface area contributed by atoms with Gasteiger partial charge in [0.2, 0.25) is 5.91 Å². The van der Waals surface area contributed by atoms with E-state index in [0.717, 1.165) is 11.3 Å². The largest absolute Gasteiger partial charge is 0.494 e. The first kappa shape index (κ1) is 21.0. The summed E-state index contributed by atoms with van der Waals surface area (Å²) in [6.07, 6.45) is 3.16. The maximum absolute atomic E-state index is 12.9. The number of amides is 1. The van der Waals surface area contributed by atoms with Crippen molar-refractivity contribution in [1.82, 2.24) is 14.2 Å². The van der Waals surface area contributed by atoms with E-state index in [9.17, 15) is 14.4 Å². The van der Waals surface area contributed by atoms with Gasteiger partial charge in [-0.05, 0) is 56.3 Å². The quantitative estimate of drug-likeness (QED) is 0.454. The summed E-state index contributed by atoms with van der Waals surface area (Å²) in [5, 5.41) is 7.19. The monoisotopic (exact) mass is 430 g/mol. The Morgan fingerprint density at radius 2 is 1.84 bits per heavy atom. The molecule has 0 spiro atoms. The Kier molecular flexibility index (Phi) is 5.85. The van der Waals surface area contributed by atoms with Crippen molar-refractivity contribution in [2.75, 3.05) is 11.9 Å². The first-order chi connectivity index (χ1) is 15.4. The van der Waals surface area contributed by atoms with Crippen molar-refractivity contribution < 1.29 is 14.3 Å². The van der Waals surface area contributed by atoms with Gasteiger partial charge in [-0.25, -0.2) is 4.52 Å². The molecular weight excluding hydrogens is 408 g/mol. The summed E-state index contributed by atoms with van der Waals surface area (Å²) in [5.41, 5.74) is 2.54. The van der Waals surface area contributed by atoms with E-state index in [1.807, 2.05) is 31.2 Å². The lowest BCUT2D eigenvalue weighted by molar-refractivity contribution is -0.116. The average Bonchev–Trinajstić information content (AvgIpc) is 3.22. The van der Waals surface area contributed by atoms with E-state index in [4.69, 9.17) is 4.74 Å². The third-order valence-electron chi connectivity index (χ3n) is 4.93. The maximum Gasteiger partial charge on any atom is 0.277 e. The lowest BCUT2D eigenvalue weighted by Crippen LogP contribution is -2.28. The van der Waals surface area contributed by atoms with Gasteiger partial charge in [0.25, 0.3) is 5.56 Å². The van der Waals surface area contributed by atoms with Crippen LogP contribution in [0.5, 0.6) is 5.75 Å². The molecule has 0 unspecified atom stereocenters. The molecule has 8 heteroatoms. The van der Waals surface area contributed by atoms with Gasteiger partial charge in [-0.3, -0.25) is 14.4 Å². The molecule has 1 N–H and O–H groups in total. The Morgan fingerprint density at radius 3 is 2.56 bits per heavy atom. The summed E-state index contributed by atoms with van der Waals surface area (Å²) < 4.78 is 8.28. The summed E-state index contributed by atoms with van der Waals surface area (Å²) in [5.74, 6) is 0.303. The highest BCUT2D eigenvalue weighted by Gasteiger charge is 2.12. The number of carbonyl (C=O) groups is 2. The summed E-state index contributed by atoms with van der Waals surface area (Å²) in [4.78, 5) is 36.9. The van der Waals surface area contributed by atoms with Gasteiger partial charge < -0.3 is 14.6 Å². The lowest BCUT2D eigenvalue weighted by Gasteiger charge is -2.08. The number of ketones is 1. The number of hydrogen-bond donors (Lipinski definition) is 1. The van der Waals surface area contributed by atoms with E-state index < -0.39 is 0 Å². The predicted octanol–water partition coefficient (Wildman–Crippen LogP) is 3.40. The molecule has 0 aliphatic heterocycles. The van der Waals surface area contributed by atoms with Crippen LogP contribution in [0.2, 0.25) is 0 Å². The van der Waals surface area contributed by atoms with Crippen LogP contribution in [0, 0.1) is 0 Å². The van der Waals surface area contributed by atoms with Crippen LogP contribution in [0.15, 0.2) is 71.8 Å². The number of aromatic nitrogens is 3. The number of nitrogens with zero attached hydrogens (tertiary/aromatic N) is 3. The minimum atomic E-state index is -0.372. The Labute approximate surface area is 184 Å². The van der Waals surface area contributed by atoms with Crippen molar-refractivity contribution >= 4 is 22.9 Å². The van der Waals surface area contributed by atoms with Crippen molar-refractivity contribution in [2.24, 2.45) is 0 Å². The molecule has 0 fully saturated rings. The highest BCUT2D eigenvalue weighted by atomic mass is 16.5. The smallest absolute Gasteiger partial charge is 0.277 e. The van der Waals surface area contributed by atoms with Crippen LogP contribution in [0.4, 0.5) is 5.69 Å². The van der Waals surface area contributed by atoms with E-state index in [-0.39, 0.29) is 23.8 Å². The third-order valence-corrected chi connectivity index (χ3v) is 4.93. The van der Waals surface area contributed by atoms with Gasteiger partial charge in [0, 0.05) is 29.2 Å². The van der Waals surface area contributed by atoms with Crippen molar-refractivity contribution in [2.45, 2.75) is 20.4 Å². The van der Waals surface area contributed by atoms with E-state index >= 15 is 0 Å². The van der Waals surface area contributed by atoms with Crippen LogP contribution in [-0.2, 0) is 11.3 Å². The number of benzene rings is 2. The van der Waals surface area contributed by atoms with Gasteiger partial charge in [0.1, 0.15) is 17.8 Å². The van der Waals surface area contributed by atoms with Crippen LogP contribution in [-0.4, -0.2) is 32.5 Å². The van der Waals surface area contributed by atoms with Gasteiger partial charge in [0.15, 0.2) is 5.78 Å². The van der Waals surface area contributed by atoms with Gasteiger partial charge in [-0.2, -0.15) is 5.10 Å². The molecule has 4 rings (SSSR count). The second kappa shape index (κ2) is 8.89. The molecule has 0 radical (unpaired) electrons. The van der Waals surface area contributed by atoms with E-state index in [1.165, 1.54) is 22.2 Å². The summed E-state index contributed by atoms with van der Waals surface area (Å²) in [6, 6.07) is 15.8. The number of carbonyl (C=O) groups excluding carboxylic acids is 2. The molecule has 2 aromatic carbocycles. The summed E-state index contributed by atoms with van der Waals surface area (Å²) in [7, 11) is 0. The minimum absolute atomic E-state index is 0.0909. The molecule has 32 heavy (non-hydrogen) atoms. The maximum atomic E-state index is 12.9. The fourth-order valence-corrected chi connectivity index (χ4v) is 3.35. The minimum Gasteiger partial charge on any atom is -0.494 e. The van der Waals surface area contributed by atoms with Crippen molar-refractivity contribution in [3.8, 4) is 17.0 Å². The lowest BCUT2D eigenvalue weighted by atomic mass is 10.1. The summed E-state index contributed by atoms with van der Waals surface area (Å²) in [6.45, 7) is 3.81. The van der Waals surface area contributed by atoms with Gasteiger partial charge in [-0.15, -0.1) is 0 Å². The van der Waals surface area contributed by atoms with Crippen LogP contribution in [0.1, 0.15) is 24.2 Å². The van der Waals surface area contributed by atoms with Crippen LogP contribution >= 0.6 is 0 Å². The highest BCUT2D eigenvalue weighted by molar-refractivity contribution is 5.97. The van der Waals surface area contributed by atoms with Crippen LogP contribution < -0.4 is 15.6 Å². The van der Waals surface area contributed by atoms with Crippen LogP contribution in [0.3, 0.4) is 0 Å². The Bertz CT molecular complexity index is 1350. The predicted molar refractivity (Wildman–Crippen MR) is 121 cm³/mol.